The summed E-state index contributed by atoms with van der Waals surface area (Å²) >= 11 is 0. The van der Waals surface area contributed by atoms with Crippen molar-refractivity contribution in [1.82, 2.24) is 4.31 Å². The smallest absolute Gasteiger partial charge is 0.243 e. The molecule has 1 saturated carbocycles. The third-order valence-corrected chi connectivity index (χ3v) is 13.5. The summed E-state index contributed by atoms with van der Waals surface area (Å²) < 4.78 is 75.4. The Labute approximate surface area is 257 Å². The Kier molecular flexibility index (Phi) is 7.74. The maximum absolute atomic E-state index is 14.2. The van der Waals surface area contributed by atoms with Gasteiger partial charge in [-0.2, -0.15) is 4.31 Å². The van der Waals surface area contributed by atoms with Crippen LogP contribution in [0.5, 0.6) is 5.75 Å². The fourth-order valence-corrected chi connectivity index (χ4v) is 9.87. The Hall–Kier alpha value is -3.48. The standard InChI is InChI=1S/C32H36FN3O6S2/c1-32(2)13-11-21(12-14-32)43(38,39)22-7-9-24-25-10-8-23(20-27(25)30(34-37)26(24)19-22)44(40,41)36-17-15-35(16-18-36)29-6-4-5-28(33)31(29)42-3/h4-10,19-21,37H,11-18H2,1-3H3/b34-30-. The van der Waals surface area contributed by atoms with Crippen LogP contribution in [0.1, 0.15) is 50.7 Å². The molecular formula is C32H36FN3O6S2. The second-order valence-corrected chi connectivity index (χ2v) is 16.6. The summed E-state index contributed by atoms with van der Waals surface area (Å²) in [6, 6.07) is 14.2. The maximum Gasteiger partial charge on any atom is 0.243 e. The van der Waals surface area contributed by atoms with Crippen LogP contribution in [-0.2, 0) is 19.9 Å². The number of benzene rings is 3. The van der Waals surface area contributed by atoms with Gasteiger partial charge in [0.1, 0.15) is 5.71 Å². The van der Waals surface area contributed by atoms with Crippen LogP contribution in [0.15, 0.2) is 69.5 Å². The number of fused-ring (bicyclic) bond motifs is 3. The van der Waals surface area contributed by atoms with E-state index in [4.69, 9.17) is 4.74 Å². The molecule has 3 aromatic carbocycles. The summed E-state index contributed by atoms with van der Waals surface area (Å²) in [6.45, 7) is 5.36. The number of ether oxygens (including phenoxy) is 1. The van der Waals surface area contributed by atoms with E-state index in [0.717, 1.165) is 12.8 Å². The molecule has 2 aliphatic carbocycles. The number of oxime groups is 1. The van der Waals surface area contributed by atoms with Crippen LogP contribution >= 0.6 is 0 Å². The van der Waals surface area contributed by atoms with Gasteiger partial charge < -0.3 is 14.8 Å². The van der Waals surface area contributed by atoms with Crippen molar-refractivity contribution in [2.75, 3.05) is 38.2 Å². The van der Waals surface area contributed by atoms with Crippen molar-refractivity contribution in [2.45, 2.75) is 54.6 Å². The Balaban J connectivity index is 1.24. The molecule has 3 aliphatic rings. The molecule has 0 bridgehead atoms. The van der Waals surface area contributed by atoms with Crippen LogP contribution in [0.4, 0.5) is 10.1 Å². The Morgan fingerprint density at radius 2 is 1.45 bits per heavy atom. The van der Waals surface area contributed by atoms with E-state index in [1.54, 1.807) is 36.4 Å². The molecule has 44 heavy (non-hydrogen) atoms. The average molecular weight is 642 g/mol. The molecule has 2 fully saturated rings. The molecular weight excluding hydrogens is 605 g/mol. The summed E-state index contributed by atoms with van der Waals surface area (Å²) in [4.78, 5) is 2.11. The van der Waals surface area contributed by atoms with Crippen molar-refractivity contribution in [3.05, 3.63) is 71.5 Å². The van der Waals surface area contributed by atoms with Crippen LogP contribution in [0.25, 0.3) is 11.1 Å². The number of methoxy groups -OCH3 is 1. The van der Waals surface area contributed by atoms with E-state index in [-0.39, 0.29) is 39.8 Å². The number of sulfone groups is 1. The number of para-hydroxylation sites is 1. The monoisotopic (exact) mass is 641 g/mol. The quantitative estimate of drug-likeness (QED) is 0.225. The summed E-state index contributed by atoms with van der Waals surface area (Å²) in [5, 5.41) is 13.1. The minimum atomic E-state index is -3.92. The highest BCUT2D eigenvalue weighted by atomic mass is 32.2. The zero-order valence-corrected chi connectivity index (χ0v) is 26.6. The second kappa shape index (κ2) is 11.1. The second-order valence-electron chi connectivity index (χ2n) is 12.5. The molecule has 0 unspecified atom stereocenters. The van der Waals surface area contributed by atoms with Crippen molar-refractivity contribution in [1.29, 1.82) is 0 Å². The summed E-state index contributed by atoms with van der Waals surface area (Å²) in [6.07, 6.45) is 2.86. The van der Waals surface area contributed by atoms with Gasteiger partial charge in [0, 0.05) is 37.3 Å². The van der Waals surface area contributed by atoms with Gasteiger partial charge in [-0.3, -0.25) is 0 Å². The van der Waals surface area contributed by atoms with Crippen LogP contribution in [0, 0.1) is 11.2 Å². The van der Waals surface area contributed by atoms with Gasteiger partial charge in [0.2, 0.25) is 10.0 Å². The normalized spacial score (nSPS) is 20.0. The number of anilines is 1. The lowest BCUT2D eigenvalue weighted by atomic mass is 9.77. The number of piperazine rings is 1. The number of rotatable bonds is 6. The topological polar surface area (TPSA) is 117 Å². The highest BCUT2D eigenvalue weighted by molar-refractivity contribution is 7.92. The largest absolute Gasteiger partial charge is 0.492 e. The predicted molar refractivity (Wildman–Crippen MR) is 166 cm³/mol. The van der Waals surface area contributed by atoms with E-state index in [2.05, 4.69) is 19.0 Å². The van der Waals surface area contributed by atoms with Crippen molar-refractivity contribution < 1.29 is 31.2 Å². The van der Waals surface area contributed by atoms with Gasteiger partial charge in [0.15, 0.2) is 21.4 Å². The van der Waals surface area contributed by atoms with Crippen LogP contribution in [0.3, 0.4) is 0 Å². The Morgan fingerprint density at radius 3 is 2.05 bits per heavy atom. The lowest BCUT2D eigenvalue weighted by molar-refractivity contribution is 0.246. The van der Waals surface area contributed by atoms with Crippen molar-refractivity contribution in [2.24, 2.45) is 10.6 Å². The van der Waals surface area contributed by atoms with Crippen molar-refractivity contribution in [3.63, 3.8) is 0 Å². The lowest BCUT2D eigenvalue weighted by Gasteiger charge is -2.36. The molecule has 6 rings (SSSR count). The minimum absolute atomic E-state index is 0.0413. The zero-order valence-electron chi connectivity index (χ0n) is 25.0. The Morgan fingerprint density at radius 1 is 0.864 bits per heavy atom. The van der Waals surface area contributed by atoms with E-state index in [1.807, 2.05) is 4.90 Å². The number of hydrogen-bond donors (Lipinski definition) is 1. The van der Waals surface area contributed by atoms with E-state index < -0.39 is 30.9 Å². The molecule has 1 saturated heterocycles. The number of halogens is 1. The molecule has 1 aliphatic heterocycles. The van der Waals surface area contributed by atoms with Gasteiger partial charge in [-0.25, -0.2) is 21.2 Å². The van der Waals surface area contributed by atoms with Crippen LogP contribution in [-0.4, -0.2) is 70.6 Å². The average Bonchev–Trinajstić information content (AvgIpc) is 3.33. The molecule has 1 N–H and O–H groups in total. The van der Waals surface area contributed by atoms with Gasteiger partial charge in [0.25, 0.3) is 0 Å². The maximum atomic E-state index is 14.2. The number of sulfonamides is 1. The molecule has 1 heterocycles. The molecule has 0 spiro atoms. The third kappa shape index (κ3) is 5.16. The van der Waals surface area contributed by atoms with E-state index >= 15 is 0 Å². The van der Waals surface area contributed by atoms with Crippen molar-refractivity contribution in [3.8, 4) is 16.9 Å². The van der Waals surface area contributed by atoms with Crippen molar-refractivity contribution >= 4 is 31.3 Å². The summed E-state index contributed by atoms with van der Waals surface area (Å²) in [5.74, 6) is -0.361. The predicted octanol–water partition coefficient (Wildman–Crippen LogP) is 5.29. The van der Waals surface area contributed by atoms with E-state index in [9.17, 15) is 26.4 Å². The number of hydrogen-bond acceptors (Lipinski definition) is 8. The first-order valence-corrected chi connectivity index (χ1v) is 17.7. The van der Waals surface area contributed by atoms with E-state index in [1.165, 1.54) is 29.6 Å². The number of nitrogens with zero attached hydrogens (tertiary/aromatic N) is 3. The highest BCUT2D eigenvalue weighted by Gasteiger charge is 2.37. The van der Waals surface area contributed by atoms with Gasteiger partial charge in [-0.1, -0.05) is 37.2 Å². The Bertz CT molecular complexity index is 1860. The van der Waals surface area contributed by atoms with Crippen LogP contribution in [0.2, 0.25) is 0 Å². The molecule has 0 atom stereocenters. The summed E-state index contributed by atoms with van der Waals surface area (Å²) in [5.41, 5.74) is 3.04. The van der Waals surface area contributed by atoms with Gasteiger partial charge in [0.05, 0.1) is 27.8 Å². The minimum Gasteiger partial charge on any atom is -0.492 e. The molecule has 0 amide bonds. The molecule has 0 radical (unpaired) electrons. The SMILES string of the molecule is COc1c(F)cccc1N1CCN(S(=O)(=O)c2ccc3c(c2)/C(=N\O)c2cc(S(=O)(=O)C4CCC(C)(C)CC4)ccc2-3)CC1. The molecule has 0 aromatic heterocycles. The van der Waals surface area contributed by atoms with Crippen LogP contribution < -0.4 is 9.64 Å². The third-order valence-electron chi connectivity index (χ3n) is 9.30. The first kappa shape index (κ1) is 30.5. The summed E-state index contributed by atoms with van der Waals surface area (Å²) in [7, 11) is -6.12. The zero-order chi connectivity index (χ0) is 31.4. The molecule has 3 aromatic rings. The molecule has 234 valence electrons. The fraction of sp³-hybridized carbons (Fsp3) is 0.406. The molecule has 9 nitrogen and oxygen atoms in total. The van der Waals surface area contributed by atoms with Gasteiger partial charge >= 0.3 is 0 Å². The lowest BCUT2D eigenvalue weighted by Crippen LogP contribution is -2.48. The highest BCUT2D eigenvalue weighted by Crippen LogP contribution is 2.43. The fourth-order valence-electron chi connectivity index (χ4n) is 6.64. The van der Waals surface area contributed by atoms with Gasteiger partial charge in [-0.05, 0) is 78.6 Å². The first-order chi connectivity index (χ1) is 20.9. The van der Waals surface area contributed by atoms with E-state index in [0.29, 0.717) is 53.9 Å². The van der Waals surface area contributed by atoms with Gasteiger partial charge in [-0.15, -0.1) is 0 Å². The molecule has 12 heteroatoms. The first-order valence-electron chi connectivity index (χ1n) is 14.7.